The van der Waals surface area contributed by atoms with E-state index in [1.54, 1.807) is 34.9 Å². The van der Waals surface area contributed by atoms with Gasteiger partial charge in [0.05, 0.1) is 5.69 Å². The maximum Gasteiger partial charge on any atom is 0.573 e. The number of hydrogen-bond donors (Lipinski definition) is 2. The van der Waals surface area contributed by atoms with E-state index >= 15 is 0 Å². The van der Waals surface area contributed by atoms with Gasteiger partial charge < -0.3 is 14.4 Å². The summed E-state index contributed by atoms with van der Waals surface area (Å²) in [6.07, 6.45) is -2.35. The fourth-order valence-corrected chi connectivity index (χ4v) is 4.16. The summed E-state index contributed by atoms with van der Waals surface area (Å²) in [5.74, 6) is -0.140. The van der Waals surface area contributed by atoms with Gasteiger partial charge in [0.2, 0.25) is 5.90 Å². The van der Waals surface area contributed by atoms with Crippen molar-refractivity contribution in [1.82, 2.24) is 14.3 Å². The minimum Gasteiger partial charge on any atom is -0.406 e. The lowest BCUT2D eigenvalue weighted by atomic mass is 10.2. The summed E-state index contributed by atoms with van der Waals surface area (Å²) in [4.78, 5) is 8.69. The number of anilines is 1. The summed E-state index contributed by atoms with van der Waals surface area (Å²) in [6.45, 7) is 4.97. The number of rotatable bonds is 6. The molecule has 1 fully saturated rings. The number of aromatic nitrogens is 2. The summed E-state index contributed by atoms with van der Waals surface area (Å²) in [7, 11) is 0. The Morgan fingerprint density at radius 2 is 1.83 bits per heavy atom. The van der Waals surface area contributed by atoms with Gasteiger partial charge in [-0.2, -0.15) is 0 Å². The third-order valence-corrected chi connectivity index (χ3v) is 5.87. The number of nitrogens with two attached hydrogens (primary N) is 1. The van der Waals surface area contributed by atoms with E-state index in [1.165, 1.54) is 12.1 Å². The van der Waals surface area contributed by atoms with Crippen LogP contribution in [0.4, 0.5) is 18.9 Å². The standard InChI is InChI=1S/C23H24ClF3N6O2/c1-2-18-21(33-8-7-15(24)13-20(33)30-18)22(29)34-19(28)14-31-9-11-32(12-10-31)16-3-5-17(6-4-16)35-23(25,26)27/h3-8,13,28-29H,2,9-12,14H2,1H3/p+1. The first-order valence-corrected chi connectivity index (χ1v) is 11.4. The highest BCUT2D eigenvalue weighted by Crippen LogP contribution is 2.26. The molecule has 4 rings (SSSR count). The first-order valence-electron chi connectivity index (χ1n) is 11.0. The Morgan fingerprint density at radius 1 is 1.14 bits per heavy atom. The van der Waals surface area contributed by atoms with Crippen LogP contribution in [0.25, 0.3) is 5.65 Å². The monoisotopic (exact) mass is 509 g/mol. The summed E-state index contributed by atoms with van der Waals surface area (Å²) < 4.78 is 48.4. The first kappa shape index (κ1) is 24.8. The van der Waals surface area contributed by atoms with E-state index < -0.39 is 6.36 Å². The Labute approximate surface area is 204 Å². The van der Waals surface area contributed by atoms with Crippen LogP contribution >= 0.6 is 11.6 Å². The molecule has 12 heteroatoms. The summed E-state index contributed by atoms with van der Waals surface area (Å²) in [5, 5.41) is 15.1. The first-order chi connectivity index (χ1) is 16.6. The average Bonchev–Trinajstić information content (AvgIpc) is 3.17. The number of imidazole rings is 1. The number of benzene rings is 1. The average molecular weight is 510 g/mol. The lowest BCUT2D eigenvalue weighted by molar-refractivity contribution is -0.274. The predicted octanol–water partition coefficient (Wildman–Crippen LogP) is 2.77. The molecule has 1 aliphatic heterocycles. The van der Waals surface area contributed by atoms with Crippen molar-refractivity contribution in [2.45, 2.75) is 19.7 Å². The van der Waals surface area contributed by atoms with Gasteiger partial charge in [0.15, 0.2) is 0 Å². The van der Waals surface area contributed by atoms with Crippen molar-refractivity contribution in [3.63, 3.8) is 0 Å². The fraction of sp³-hybridized carbons (Fsp3) is 0.348. The zero-order valence-electron chi connectivity index (χ0n) is 19.0. The number of aryl methyl sites for hydroxylation is 1. The zero-order chi connectivity index (χ0) is 25.2. The van der Waals surface area contributed by atoms with Crippen LogP contribution in [-0.2, 0) is 11.2 Å². The molecule has 1 aliphatic rings. The molecule has 0 unspecified atom stereocenters. The summed E-state index contributed by atoms with van der Waals surface area (Å²) in [6, 6.07) is 9.26. The Bertz CT molecular complexity index is 1220. The summed E-state index contributed by atoms with van der Waals surface area (Å²) in [5.41, 5.74) is 2.69. The lowest BCUT2D eigenvalue weighted by Crippen LogP contribution is -2.54. The maximum atomic E-state index is 12.3. The smallest absolute Gasteiger partial charge is 0.406 e. The maximum absolute atomic E-state index is 12.3. The third-order valence-electron chi connectivity index (χ3n) is 5.63. The van der Waals surface area contributed by atoms with Crippen LogP contribution in [0.1, 0.15) is 18.3 Å². The molecule has 8 nitrogen and oxygen atoms in total. The van der Waals surface area contributed by atoms with Crippen LogP contribution in [0.3, 0.4) is 0 Å². The quantitative estimate of drug-likeness (QED) is 0.394. The number of nitrogens with zero attached hydrogens (tertiary/aromatic N) is 4. The zero-order valence-corrected chi connectivity index (χ0v) is 19.7. The van der Waals surface area contributed by atoms with Crippen molar-refractivity contribution in [3.8, 4) is 5.75 Å². The molecule has 0 bridgehead atoms. The van der Waals surface area contributed by atoms with E-state index in [2.05, 4.69) is 19.5 Å². The van der Waals surface area contributed by atoms with Gasteiger partial charge in [-0.15, -0.1) is 13.2 Å². The van der Waals surface area contributed by atoms with Crippen LogP contribution in [0.2, 0.25) is 5.02 Å². The second-order valence-corrected chi connectivity index (χ2v) is 8.47. The van der Waals surface area contributed by atoms with Crippen molar-refractivity contribution >= 4 is 34.7 Å². The van der Waals surface area contributed by atoms with E-state index in [4.69, 9.17) is 27.2 Å². The number of ether oxygens (including phenoxy) is 2. The van der Waals surface area contributed by atoms with Crippen LogP contribution in [-0.4, -0.2) is 65.2 Å². The van der Waals surface area contributed by atoms with Crippen LogP contribution in [0.5, 0.6) is 5.75 Å². The Balaban J connectivity index is 1.31. The molecule has 0 saturated carbocycles. The predicted molar refractivity (Wildman–Crippen MR) is 126 cm³/mol. The van der Waals surface area contributed by atoms with Crippen molar-refractivity contribution in [2.24, 2.45) is 0 Å². The largest absolute Gasteiger partial charge is 0.573 e. The van der Waals surface area contributed by atoms with Crippen molar-refractivity contribution < 1.29 is 28.1 Å². The highest BCUT2D eigenvalue weighted by atomic mass is 35.5. The van der Waals surface area contributed by atoms with Gasteiger partial charge in [0.1, 0.15) is 23.6 Å². The number of halogens is 4. The van der Waals surface area contributed by atoms with Gasteiger partial charge in [-0.1, -0.05) is 18.5 Å². The van der Waals surface area contributed by atoms with Crippen molar-refractivity contribution in [3.05, 3.63) is 59.0 Å². The minimum atomic E-state index is -4.71. The number of piperazine rings is 1. The van der Waals surface area contributed by atoms with E-state index in [1.807, 2.05) is 6.92 Å². The van der Waals surface area contributed by atoms with E-state index in [0.29, 0.717) is 61.2 Å². The van der Waals surface area contributed by atoms with Crippen LogP contribution in [0.15, 0.2) is 42.6 Å². The number of nitrogens with one attached hydrogen (secondary N) is 1. The highest BCUT2D eigenvalue weighted by Gasteiger charge is 2.31. The number of hydrogen-bond acceptors (Lipinski definition) is 6. The van der Waals surface area contributed by atoms with Crippen LogP contribution < -0.4 is 15.0 Å². The number of pyridine rings is 1. The van der Waals surface area contributed by atoms with E-state index in [0.717, 1.165) is 5.69 Å². The fourth-order valence-electron chi connectivity index (χ4n) is 4.01. The Kier molecular flexibility index (Phi) is 7.18. The topological polar surface area (TPSA) is 91.7 Å². The third kappa shape index (κ3) is 6.04. The normalized spacial score (nSPS) is 14.8. The molecule has 3 N–H and O–H groups in total. The molecular weight excluding hydrogens is 485 g/mol. The Hall–Kier alpha value is -3.31. The SMILES string of the molecule is CCc1nc2cc(Cl)ccn2c1C(=N)OC(=[NH2+])CN1CCN(c2ccc(OC(F)(F)F)cc2)CC1. The summed E-state index contributed by atoms with van der Waals surface area (Å²) >= 11 is 6.06. The van der Waals surface area contributed by atoms with Gasteiger partial charge in [-0.3, -0.25) is 14.7 Å². The van der Waals surface area contributed by atoms with Gasteiger partial charge >= 0.3 is 12.3 Å². The highest BCUT2D eigenvalue weighted by molar-refractivity contribution is 6.30. The second kappa shape index (κ2) is 10.1. The molecule has 0 spiro atoms. The molecular formula is C23H25ClF3N6O2+. The van der Waals surface area contributed by atoms with Gasteiger partial charge in [0, 0.05) is 49.2 Å². The van der Waals surface area contributed by atoms with Gasteiger partial charge in [-0.05, 0) is 36.8 Å². The number of alkyl halides is 3. The molecule has 2 aromatic heterocycles. The molecule has 0 aliphatic carbocycles. The molecule has 0 radical (unpaired) electrons. The molecule has 1 aromatic carbocycles. The molecule has 3 aromatic rings. The van der Waals surface area contributed by atoms with Gasteiger partial charge in [0.25, 0.3) is 0 Å². The second-order valence-electron chi connectivity index (χ2n) is 8.04. The van der Waals surface area contributed by atoms with E-state index in [9.17, 15) is 13.2 Å². The molecule has 0 amide bonds. The van der Waals surface area contributed by atoms with Crippen molar-refractivity contribution in [2.75, 3.05) is 37.6 Å². The molecule has 1 saturated heterocycles. The van der Waals surface area contributed by atoms with Gasteiger partial charge in [-0.25, -0.2) is 10.4 Å². The molecule has 35 heavy (non-hydrogen) atoms. The van der Waals surface area contributed by atoms with Crippen LogP contribution in [0, 0.1) is 5.41 Å². The van der Waals surface area contributed by atoms with Crippen molar-refractivity contribution in [1.29, 1.82) is 5.41 Å². The van der Waals surface area contributed by atoms with E-state index in [-0.39, 0.29) is 17.5 Å². The molecule has 186 valence electrons. The molecule has 0 atom stereocenters. The minimum absolute atomic E-state index is 0.0889. The number of fused-ring (bicyclic) bond motifs is 1. The molecule has 3 heterocycles. The lowest BCUT2D eigenvalue weighted by Gasteiger charge is -2.35. The Morgan fingerprint density at radius 3 is 2.46 bits per heavy atom.